The van der Waals surface area contributed by atoms with Crippen LogP contribution >= 0.6 is 11.6 Å². The molecule has 3 nitrogen and oxygen atoms in total. The zero-order chi connectivity index (χ0) is 12.0. The molecular weight excluding hydrogens is 200 g/mol. The van der Waals surface area contributed by atoms with Gasteiger partial charge < -0.3 is 10.6 Å². The van der Waals surface area contributed by atoms with E-state index < -0.39 is 0 Å². The van der Waals surface area contributed by atoms with Crippen molar-refractivity contribution in [3.05, 3.63) is 12.2 Å². The quantitative estimate of drug-likeness (QED) is 0.565. The summed E-state index contributed by atoms with van der Waals surface area (Å²) in [6.07, 6.45) is 2.44. The van der Waals surface area contributed by atoms with Gasteiger partial charge in [-0.1, -0.05) is 13.5 Å². The summed E-state index contributed by atoms with van der Waals surface area (Å²) in [6.45, 7) is 7.95. The van der Waals surface area contributed by atoms with Crippen LogP contribution in [-0.2, 0) is 4.79 Å². The van der Waals surface area contributed by atoms with Crippen LogP contribution in [0.3, 0.4) is 0 Å². The monoisotopic (exact) mass is 222 g/mol. The van der Waals surface area contributed by atoms with Gasteiger partial charge in [0.1, 0.15) is 0 Å². The molecule has 0 fully saturated rings. The Labute approximate surface area is 92.9 Å². The van der Waals surface area contributed by atoms with Crippen LogP contribution in [0.25, 0.3) is 0 Å². The van der Waals surface area contributed by atoms with Crippen LogP contribution in [0.4, 0.5) is 0 Å². The van der Waals surface area contributed by atoms with E-state index in [4.69, 9.17) is 0 Å². The van der Waals surface area contributed by atoms with E-state index in [0.29, 0.717) is 5.57 Å². The average molecular weight is 223 g/mol. The Bertz CT molecular complexity index is 138. The molecule has 0 spiro atoms. The summed E-state index contributed by atoms with van der Waals surface area (Å²) in [5, 5.41) is 5.44. The highest BCUT2D eigenvalue weighted by atomic mass is 35.5. The van der Waals surface area contributed by atoms with Gasteiger partial charge in [0.25, 0.3) is 0 Å². The van der Waals surface area contributed by atoms with Crippen molar-refractivity contribution in [1.82, 2.24) is 10.6 Å². The molecule has 4 heteroatoms. The van der Waals surface area contributed by atoms with Crippen LogP contribution in [0.5, 0.6) is 0 Å². The molecule has 0 saturated heterocycles. The smallest absolute Gasteiger partial charge is 0.246 e. The lowest BCUT2D eigenvalue weighted by atomic mass is 10.3. The molecule has 0 aromatic rings. The molecule has 1 amide bonds. The summed E-state index contributed by atoms with van der Waals surface area (Å²) >= 11 is 4.64. The molecule has 0 atom stereocenters. The van der Waals surface area contributed by atoms with E-state index in [1.165, 1.54) is 6.38 Å². The van der Waals surface area contributed by atoms with Crippen molar-refractivity contribution in [3.8, 4) is 0 Å². The summed E-state index contributed by atoms with van der Waals surface area (Å²) in [5.74, 6) is -0.0446. The maximum absolute atomic E-state index is 10.7. The third kappa shape index (κ3) is 22.5. The lowest BCUT2D eigenvalue weighted by molar-refractivity contribution is -0.117. The molecule has 2 N–H and O–H groups in total. The van der Waals surface area contributed by atoms with Crippen LogP contribution in [0.1, 0.15) is 20.3 Å². The normalized spacial score (nSPS) is 7.29. The molecule has 0 bridgehead atoms. The van der Waals surface area contributed by atoms with Gasteiger partial charge in [-0.15, -0.1) is 11.6 Å². The second-order valence-corrected chi connectivity index (χ2v) is 2.54. The molecule has 0 aliphatic heterocycles. The van der Waals surface area contributed by atoms with Crippen molar-refractivity contribution in [2.45, 2.75) is 20.3 Å². The Hall–Kier alpha value is -0.540. The molecule has 0 aliphatic carbocycles. The molecule has 0 radical (unpaired) electrons. The Morgan fingerprint density at radius 3 is 1.93 bits per heavy atom. The predicted molar refractivity (Wildman–Crippen MR) is 64.9 cm³/mol. The van der Waals surface area contributed by atoms with Gasteiger partial charge in [-0.25, -0.2) is 0 Å². The standard InChI is InChI=1S/C7H13NO.C2H7N.CH3Cl/c1-4-5-8-7(9)6(2)3;1-3-2;1-2/h2,4-5H2,1,3H3,(H,8,9);3H,1-2H3;1H3. The molecule has 0 rings (SSSR count). The zero-order valence-corrected chi connectivity index (χ0v) is 10.7. The van der Waals surface area contributed by atoms with Crippen LogP contribution < -0.4 is 10.6 Å². The van der Waals surface area contributed by atoms with Gasteiger partial charge in [-0.3, -0.25) is 4.79 Å². The first-order valence-corrected chi connectivity index (χ1v) is 5.25. The molecular formula is C10H23ClN2O. The molecule has 86 valence electrons. The minimum Gasteiger partial charge on any atom is -0.352 e. The number of rotatable bonds is 3. The van der Waals surface area contributed by atoms with Crippen molar-refractivity contribution in [2.75, 3.05) is 27.0 Å². The Morgan fingerprint density at radius 2 is 1.71 bits per heavy atom. The Morgan fingerprint density at radius 1 is 1.36 bits per heavy atom. The van der Waals surface area contributed by atoms with Gasteiger partial charge in [0.15, 0.2) is 0 Å². The highest BCUT2D eigenvalue weighted by Crippen LogP contribution is 1.84. The fourth-order valence-corrected chi connectivity index (χ4v) is 0.389. The maximum atomic E-state index is 10.7. The maximum Gasteiger partial charge on any atom is 0.246 e. The molecule has 0 aromatic heterocycles. The third-order valence-corrected chi connectivity index (χ3v) is 0.923. The number of nitrogens with one attached hydrogen (secondary N) is 2. The van der Waals surface area contributed by atoms with E-state index in [1.807, 2.05) is 21.0 Å². The summed E-state index contributed by atoms with van der Waals surface area (Å²) < 4.78 is 0. The number of alkyl halides is 1. The highest BCUT2D eigenvalue weighted by molar-refractivity contribution is 6.15. The molecule has 0 aromatic carbocycles. The number of carbonyl (C=O) groups excluding carboxylic acids is 1. The van der Waals surface area contributed by atoms with Crippen LogP contribution in [0.15, 0.2) is 12.2 Å². The Kier molecular flexibility index (Phi) is 24.9. The first kappa shape index (κ1) is 19.1. The fraction of sp³-hybridized carbons (Fsp3) is 0.700. The zero-order valence-electron chi connectivity index (χ0n) is 9.91. The first-order valence-electron chi connectivity index (χ1n) is 4.50. The van der Waals surface area contributed by atoms with Gasteiger partial charge >= 0.3 is 0 Å². The van der Waals surface area contributed by atoms with Gasteiger partial charge in [0.2, 0.25) is 5.91 Å². The van der Waals surface area contributed by atoms with E-state index in [-0.39, 0.29) is 5.91 Å². The van der Waals surface area contributed by atoms with Crippen molar-refractivity contribution in [3.63, 3.8) is 0 Å². The van der Waals surface area contributed by atoms with Gasteiger partial charge in [-0.2, -0.15) is 0 Å². The summed E-state index contributed by atoms with van der Waals surface area (Å²) in [5.41, 5.74) is 0.573. The van der Waals surface area contributed by atoms with Gasteiger partial charge in [-0.05, 0) is 27.4 Å². The largest absolute Gasteiger partial charge is 0.352 e. The third-order valence-electron chi connectivity index (χ3n) is 0.923. The number of amides is 1. The topological polar surface area (TPSA) is 41.1 Å². The van der Waals surface area contributed by atoms with Gasteiger partial charge in [0, 0.05) is 18.5 Å². The molecule has 0 heterocycles. The SMILES string of the molecule is C=C(C)C(=O)NCCC.CCl.CNC. The number of halogens is 1. The second-order valence-electron chi connectivity index (χ2n) is 2.54. The second kappa shape index (κ2) is 18.3. The summed E-state index contributed by atoms with van der Waals surface area (Å²) in [6, 6.07) is 0. The van der Waals surface area contributed by atoms with Gasteiger partial charge in [0.05, 0.1) is 0 Å². The number of hydrogen-bond donors (Lipinski definition) is 2. The predicted octanol–water partition coefficient (Wildman–Crippen LogP) is 1.78. The fourth-order valence-electron chi connectivity index (χ4n) is 0.389. The summed E-state index contributed by atoms with van der Waals surface area (Å²) in [4.78, 5) is 10.7. The first-order chi connectivity index (χ1) is 6.59. The number of carbonyl (C=O) groups is 1. The van der Waals surface area contributed by atoms with Crippen molar-refractivity contribution in [2.24, 2.45) is 0 Å². The summed E-state index contributed by atoms with van der Waals surface area (Å²) in [7, 11) is 3.75. The van der Waals surface area contributed by atoms with Crippen molar-refractivity contribution >= 4 is 17.5 Å². The van der Waals surface area contributed by atoms with Crippen molar-refractivity contribution in [1.29, 1.82) is 0 Å². The van der Waals surface area contributed by atoms with Crippen LogP contribution in [0, 0.1) is 0 Å². The molecule has 0 aliphatic rings. The molecule has 0 saturated carbocycles. The van der Waals surface area contributed by atoms with E-state index in [9.17, 15) is 4.79 Å². The Balaban J connectivity index is -0.000000205. The van der Waals surface area contributed by atoms with Crippen LogP contribution in [-0.4, -0.2) is 32.9 Å². The minimum absolute atomic E-state index is 0.0446. The lowest BCUT2D eigenvalue weighted by Crippen LogP contribution is -2.24. The van der Waals surface area contributed by atoms with E-state index in [0.717, 1.165) is 13.0 Å². The highest BCUT2D eigenvalue weighted by Gasteiger charge is 1.96. The van der Waals surface area contributed by atoms with Crippen molar-refractivity contribution < 1.29 is 4.79 Å². The molecule has 0 unspecified atom stereocenters. The van der Waals surface area contributed by atoms with Crippen LogP contribution in [0.2, 0.25) is 0 Å². The number of hydrogen-bond acceptors (Lipinski definition) is 2. The molecule has 14 heavy (non-hydrogen) atoms. The van der Waals surface area contributed by atoms with E-state index in [2.05, 4.69) is 28.8 Å². The minimum atomic E-state index is -0.0446. The average Bonchev–Trinajstić information content (AvgIpc) is 2.18. The van der Waals surface area contributed by atoms with E-state index in [1.54, 1.807) is 6.92 Å². The van der Waals surface area contributed by atoms with E-state index >= 15 is 0 Å². The lowest BCUT2D eigenvalue weighted by Gasteiger charge is -1.99.